The van der Waals surface area contributed by atoms with Crippen LogP contribution in [0.2, 0.25) is 0 Å². The number of aromatic nitrogens is 2. The summed E-state index contributed by atoms with van der Waals surface area (Å²) < 4.78 is 5.86. The van der Waals surface area contributed by atoms with Gasteiger partial charge < -0.3 is 14.6 Å². The van der Waals surface area contributed by atoms with Crippen LogP contribution in [0.5, 0.6) is 0 Å². The number of H-pyrrole nitrogens is 1. The molecule has 1 N–H and O–H groups in total. The number of likely N-dealkylation sites (tertiary alicyclic amines) is 1. The topological polar surface area (TPSA) is 92.4 Å². The van der Waals surface area contributed by atoms with Gasteiger partial charge in [0.05, 0.1) is 11.4 Å². The number of carbonyl (C=O) groups is 2. The number of fused-ring (bicyclic) bond motifs is 1. The lowest BCUT2D eigenvalue weighted by molar-refractivity contribution is -0.150. The van der Waals surface area contributed by atoms with Crippen molar-refractivity contribution in [1.82, 2.24) is 14.9 Å². The Kier molecular flexibility index (Phi) is 4.29. The van der Waals surface area contributed by atoms with Crippen molar-refractivity contribution >= 4 is 33.4 Å². The van der Waals surface area contributed by atoms with Gasteiger partial charge in [0.15, 0.2) is 0 Å². The molecule has 3 heterocycles. The number of hydrogen-bond acceptors (Lipinski definition) is 6. The van der Waals surface area contributed by atoms with E-state index >= 15 is 0 Å². The van der Waals surface area contributed by atoms with E-state index in [2.05, 4.69) is 9.97 Å². The molecule has 0 unspecified atom stereocenters. The number of nitrogens with zero attached hydrogens (tertiary/aromatic N) is 2. The second kappa shape index (κ2) is 6.59. The molecule has 1 amide bonds. The van der Waals surface area contributed by atoms with E-state index in [9.17, 15) is 14.4 Å². The van der Waals surface area contributed by atoms with Crippen LogP contribution in [0.1, 0.15) is 37.9 Å². The summed E-state index contributed by atoms with van der Waals surface area (Å²) >= 11 is 1.32. The van der Waals surface area contributed by atoms with Crippen LogP contribution in [0.4, 0.5) is 0 Å². The number of amides is 1. The second-order valence-corrected chi connectivity index (χ2v) is 7.56. The molecule has 132 valence electrons. The minimum atomic E-state index is -0.426. The molecule has 0 bridgehead atoms. The van der Waals surface area contributed by atoms with Gasteiger partial charge in [0.25, 0.3) is 5.56 Å². The fourth-order valence-corrected chi connectivity index (χ4v) is 4.43. The lowest BCUT2D eigenvalue weighted by atomic mass is 10.1. The number of carbonyl (C=O) groups excluding carboxylic acids is 2. The molecule has 1 saturated heterocycles. The molecular formula is C17H19N3O4S. The van der Waals surface area contributed by atoms with Crippen LogP contribution in [0.3, 0.4) is 0 Å². The number of esters is 1. The molecule has 1 aliphatic carbocycles. The minimum absolute atomic E-state index is 0.0417. The van der Waals surface area contributed by atoms with Gasteiger partial charge in [-0.15, -0.1) is 11.3 Å². The largest absolute Gasteiger partial charge is 0.457 e. The van der Waals surface area contributed by atoms with Gasteiger partial charge in [-0.2, -0.15) is 0 Å². The molecule has 4 rings (SSSR count). The predicted molar refractivity (Wildman–Crippen MR) is 92.1 cm³/mol. The van der Waals surface area contributed by atoms with Gasteiger partial charge in [0, 0.05) is 19.0 Å². The van der Waals surface area contributed by atoms with Crippen LogP contribution in [0.25, 0.3) is 10.2 Å². The van der Waals surface area contributed by atoms with Crippen molar-refractivity contribution in [1.29, 1.82) is 0 Å². The molecular weight excluding hydrogens is 342 g/mol. The molecule has 25 heavy (non-hydrogen) atoms. The van der Waals surface area contributed by atoms with E-state index in [0.717, 1.165) is 25.7 Å². The zero-order valence-corrected chi connectivity index (χ0v) is 14.5. The Bertz CT molecular complexity index is 868. The smallest absolute Gasteiger partial charge is 0.311 e. The summed E-state index contributed by atoms with van der Waals surface area (Å²) in [4.78, 5) is 45.2. The third-order valence-electron chi connectivity index (χ3n) is 4.97. The summed E-state index contributed by atoms with van der Waals surface area (Å²) in [5, 5.41) is 1.80. The van der Waals surface area contributed by atoms with E-state index in [-0.39, 0.29) is 30.5 Å². The van der Waals surface area contributed by atoms with Gasteiger partial charge in [0.2, 0.25) is 5.91 Å². The lowest BCUT2D eigenvalue weighted by Crippen LogP contribution is -2.35. The second-order valence-electron chi connectivity index (χ2n) is 6.64. The Morgan fingerprint density at radius 1 is 1.36 bits per heavy atom. The fourth-order valence-electron chi connectivity index (χ4n) is 3.71. The highest BCUT2D eigenvalue weighted by Crippen LogP contribution is 2.30. The quantitative estimate of drug-likeness (QED) is 0.839. The maximum atomic E-state index is 12.3. The number of rotatable bonds is 4. The predicted octanol–water partition coefficient (Wildman–Crippen LogP) is 1.82. The highest BCUT2D eigenvalue weighted by Gasteiger charge is 2.39. The van der Waals surface area contributed by atoms with Crippen LogP contribution in [-0.2, 0) is 20.9 Å². The van der Waals surface area contributed by atoms with Crippen LogP contribution in [0.15, 0.2) is 16.2 Å². The summed E-state index contributed by atoms with van der Waals surface area (Å²) in [7, 11) is 0. The Morgan fingerprint density at radius 2 is 2.16 bits per heavy atom. The Balaban J connectivity index is 1.38. The third kappa shape index (κ3) is 3.18. The highest BCUT2D eigenvalue weighted by molar-refractivity contribution is 7.17. The van der Waals surface area contributed by atoms with Crippen LogP contribution < -0.4 is 5.56 Å². The van der Waals surface area contributed by atoms with Crippen LogP contribution >= 0.6 is 11.3 Å². The molecule has 7 nitrogen and oxygen atoms in total. The van der Waals surface area contributed by atoms with Crippen molar-refractivity contribution in [2.45, 2.75) is 44.8 Å². The first-order chi connectivity index (χ1) is 12.1. The number of ether oxygens (including phenoxy) is 1. The first-order valence-electron chi connectivity index (χ1n) is 8.54. The molecule has 2 fully saturated rings. The Hall–Kier alpha value is -2.22. The molecule has 1 aliphatic heterocycles. The van der Waals surface area contributed by atoms with Gasteiger partial charge in [-0.3, -0.25) is 14.4 Å². The normalized spacial score (nSPS) is 21.4. The number of aromatic amines is 1. The summed E-state index contributed by atoms with van der Waals surface area (Å²) in [5.74, 6) is -0.465. The zero-order chi connectivity index (χ0) is 17.4. The van der Waals surface area contributed by atoms with E-state index in [1.165, 1.54) is 11.3 Å². The molecule has 8 heteroatoms. The standard InChI is InChI=1S/C17H19N3O4S/c21-14-7-10(8-20(14)11-3-1-2-4-11)17(23)24-9-13-18-12-5-6-25-15(12)16(22)19-13/h5-6,10-11H,1-4,7-9H2,(H,18,19,22)/t10-/m1/s1. The average molecular weight is 361 g/mol. The molecule has 0 aromatic carbocycles. The summed E-state index contributed by atoms with van der Waals surface area (Å²) in [6, 6.07) is 2.04. The van der Waals surface area contributed by atoms with Crippen molar-refractivity contribution in [3.8, 4) is 0 Å². The SMILES string of the molecule is O=C(OCc1nc2ccsc2c(=O)[nH]1)[C@@H]1CC(=O)N(C2CCCC2)C1. The number of thiophene rings is 1. The van der Waals surface area contributed by atoms with Crippen LogP contribution in [-0.4, -0.2) is 39.3 Å². The monoisotopic (exact) mass is 361 g/mol. The van der Waals surface area contributed by atoms with Crippen molar-refractivity contribution in [2.75, 3.05) is 6.54 Å². The first-order valence-corrected chi connectivity index (χ1v) is 9.42. The van der Waals surface area contributed by atoms with Crippen molar-refractivity contribution < 1.29 is 14.3 Å². The van der Waals surface area contributed by atoms with E-state index in [4.69, 9.17) is 4.74 Å². The molecule has 0 spiro atoms. The lowest BCUT2D eigenvalue weighted by Gasteiger charge is -2.23. The molecule has 2 aromatic rings. The maximum Gasteiger partial charge on any atom is 0.311 e. The van der Waals surface area contributed by atoms with Gasteiger partial charge in [-0.25, -0.2) is 4.98 Å². The van der Waals surface area contributed by atoms with Gasteiger partial charge in [-0.1, -0.05) is 12.8 Å². The van der Waals surface area contributed by atoms with Crippen molar-refractivity contribution in [3.63, 3.8) is 0 Å². The highest BCUT2D eigenvalue weighted by atomic mass is 32.1. The van der Waals surface area contributed by atoms with Crippen LogP contribution in [0, 0.1) is 5.92 Å². The summed E-state index contributed by atoms with van der Waals surface area (Å²) in [6.07, 6.45) is 4.56. The Labute approximate surface area is 148 Å². The summed E-state index contributed by atoms with van der Waals surface area (Å²) in [5.41, 5.74) is 0.373. The van der Waals surface area contributed by atoms with E-state index < -0.39 is 11.9 Å². The molecule has 2 aliphatic rings. The fraction of sp³-hybridized carbons (Fsp3) is 0.529. The van der Waals surface area contributed by atoms with Gasteiger partial charge >= 0.3 is 5.97 Å². The first kappa shape index (κ1) is 16.3. The molecule has 1 atom stereocenters. The molecule has 1 saturated carbocycles. The molecule has 2 aromatic heterocycles. The van der Waals surface area contributed by atoms with Gasteiger partial charge in [-0.05, 0) is 24.3 Å². The number of hydrogen-bond donors (Lipinski definition) is 1. The van der Waals surface area contributed by atoms with Crippen molar-refractivity contribution in [2.24, 2.45) is 5.92 Å². The maximum absolute atomic E-state index is 12.3. The van der Waals surface area contributed by atoms with E-state index in [0.29, 0.717) is 22.6 Å². The van der Waals surface area contributed by atoms with E-state index in [1.807, 2.05) is 4.90 Å². The van der Waals surface area contributed by atoms with Gasteiger partial charge in [0.1, 0.15) is 17.1 Å². The minimum Gasteiger partial charge on any atom is -0.457 e. The zero-order valence-electron chi connectivity index (χ0n) is 13.7. The van der Waals surface area contributed by atoms with Crippen molar-refractivity contribution in [3.05, 3.63) is 27.6 Å². The molecule has 0 radical (unpaired) electrons. The third-order valence-corrected chi connectivity index (χ3v) is 5.87. The number of nitrogens with one attached hydrogen (secondary N) is 1. The Morgan fingerprint density at radius 3 is 2.96 bits per heavy atom. The van der Waals surface area contributed by atoms with E-state index in [1.54, 1.807) is 11.4 Å². The average Bonchev–Trinajstić information content (AvgIpc) is 3.32. The summed E-state index contributed by atoms with van der Waals surface area (Å²) in [6.45, 7) is 0.351.